The van der Waals surface area contributed by atoms with Crippen molar-refractivity contribution in [3.63, 3.8) is 0 Å². The smallest absolute Gasteiger partial charge is 0.253 e. The van der Waals surface area contributed by atoms with Gasteiger partial charge in [-0.3, -0.25) is 9.59 Å². The molecule has 5 nitrogen and oxygen atoms in total. The van der Waals surface area contributed by atoms with Gasteiger partial charge in [0, 0.05) is 37.2 Å². The lowest BCUT2D eigenvalue weighted by Crippen LogP contribution is -2.38. The minimum absolute atomic E-state index is 0.0121. The Kier molecular flexibility index (Phi) is 6.66. The number of phenolic OH excluding ortho intramolecular Hbond substituents is 1. The number of piperidine rings is 1. The lowest BCUT2D eigenvalue weighted by atomic mass is 9.88. The van der Waals surface area contributed by atoms with E-state index in [1.165, 1.54) is 17.7 Å². The third kappa shape index (κ3) is 5.06. The Bertz CT molecular complexity index is 1100. The Morgan fingerprint density at radius 1 is 0.875 bits per heavy atom. The summed E-state index contributed by atoms with van der Waals surface area (Å²) in [5, 5.41) is 9.40. The standard InChI is InChI=1S/C27H28N2O3/c28-18-20-4-2-5-23(16-20)21-11-13-29(14-12-21)27(32)24-6-1-3-19(15-24)17-26(31)22-7-9-25(30)10-8-22/h1-10,15-16,21,30H,11-14,17-18,28H2. The lowest BCUT2D eigenvalue weighted by molar-refractivity contribution is 0.0712. The maximum Gasteiger partial charge on any atom is 0.253 e. The van der Waals surface area contributed by atoms with Gasteiger partial charge in [0.2, 0.25) is 0 Å². The highest BCUT2D eigenvalue weighted by Gasteiger charge is 2.25. The summed E-state index contributed by atoms with van der Waals surface area (Å²) < 4.78 is 0. The van der Waals surface area contributed by atoms with Gasteiger partial charge in [-0.05, 0) is 71.8 Å². The summed E-state index contributed by atoms with van der Waals surface area (Å²) in [6, 6.07) is 22.0. The number of likely N-dealkylation sites (tertiary alicyclic amines) is 1. The van der Waals surface area contributed by atoms with E-state index in [0.717, 1.165) is 24.0 Å². The molecule has 0 aliphatic carbocycles. The van der Waals surface area contributed by atoms with Crippen LogP contribution in [0, 0.1) is 0 Å². The molecule has 32 heavy (non-hydrogen) atoms. The fourth-order valence-electron chi connectivity index (χ4n) is 4.32. The molecular formula is C27H28N2O3. The number of amides is 1. The number of rotatable bonds is 6. The maximum absolute atomic E-state index is 13.1. The number of hydrogen-bond acceptors (Lipinski definition) is 4. The van der Waals surface area contributed by atoms with Crippen LogP contribution in [0.3, 0.4) is 0 Å². The van der Waals surface area contributed by atoms with Crippen LogP contribution < -0.4 is 5.73 Å². The van der Waals surface area contributed by atoms with Crippen LogP contribution in [-0.2, 0) is 13.0 Å². The first-order chi connectivity index (χ1) is 15.5. The van der Waals surface area contributed by atoms with Gasteiger partial charge in [0.1, 0.15) is 5.75 Å². The molecule has 5 heteroatoms. The second-order valence-corrected chi connectivity index (χ2v) is 8.36. The number of phenols is 1. The normalized spacial score (nSPS) is 14.3. The Hall–Kier alpha value is -3.44. The number of carbonyl (C=O) groups is 2. The zero-order valence-corrected chi connectivity index (χ0v) is 18.0. The molecule has 1 aliphatic rings. The molecule has 0 spiro atoms. The first kappa shape index (κ1) is 21.8. The third-order valence-electron chi connectivity index (χ3n) is 6.17. The minimum Gasteiger partial charge on any atom is -0.508 e. The highest BCUT2D eigenvalue weighted by atomic mass is 16.3. The molecule has 0 bridgehead atoms. The number of ketones is 1. The largest absolute Gasteiger partial charge is 0.508 e. The average molecular weight is 429 g/mol. The molecule has 164 valence electrons. The summed E-state index contributed by atoms with van der Waals surface area (Å²) in [6.45, 7) is 1.97. The molecular weight excluding hydrogens is 400 g/mol. The van der Waals surface area contributed by atoms with Gasteiger partial charge in [-0.1, -0.05) is 36.4 Å². The van der Waals surface area contributed by atoms with Crippen molar-refractivity contribution in [2.24, 2.45) is 5.73 Å². The van der Waals surface area contributed by atoms with Crippen molar-refractivity contribution in [2.45, 2.75) is 31.7 Å². The second kappa shape index (κ2) is 9.79. The molecule has 1 amide bonds. The summed E-state index contributed by atoms with van der Waals surface area (Å²) in [7, 11) is 0. The van der Waals surface area contributed by atoms with Gasteiger partial charge in [-0.15, -0.1) is 0 Å². The van der Waals surface area contributed by atoms with Crippen molar-refractivity contribution >= 4 is 11.7 Å². The number of benzene rings is 3. The molecule has 3 N–H and O–H groups in total. The highest BCUT2D eigenvalue weighted by molar-refractivity contribution is 5.98. The summed E-state index contributed by atoms with van der Waals surface area (Å²) in [5.41, 5.74) is 10.2. The highest BCUT2D eigenvalue weighted by Crippen LogP contribution is 2.29. The van der Waals surface area contributed by atoms with Crippen molar-refractivity contribution in [2.75, 3.05) is 13.1 Å². The quantitative estimate of drug-likeness (QED) is 0.574. The number of hydrogen-bond donors (Lipinski definition) is 2. The Morgan fingerprint density at radius 2 is 1.56 bits per heavy atom. The molecule has 0 unspecified atom stereocenters. The molecule has 0 saturated carbocycles. The van der Waals surface area contributed by atoms with Crippen LogP contribution in [-0.4, -0.2) is 34.8 Å². The molecule has 3 aromatic rings. The van der Waals surface area contributed by atoms with E-state index in [0.29, 0.717) is 36.7 Å². The molecule has 0 aromatic heterocycles. The van der Waals surface area contributed by atoms with E-state index in [1.807, 2.05) is 35.2 Å². The van der Waals surface area contributed by atoms with E-state index < -0.39 is 0 Å². The molecule has 1 heterocycles. The summed E-state index contributed by atoms with van der Waals surface area (Å²) in [5.74, 6) is 0.540. The lowest BCUT2D eigenvalue weighted by Gasteiger charge is -2.32. The van der Waals surface area contributed by atoms with Gasteiger partial charge in [0.05, 0.1) is 0 Å². The predicted octanol–water partition coefficient (Wildman–Crippen LogP) is 4.30. The molecule has 1 fully saturated rings. The van der Waals surface area contributed by atoms with E-state index in [1.54, 1.807) is 12.1 Å². The van der Waals surface area contributed by atoms with Crippen molar-refractivity contribution in [1.29, 1.82) is 0 Å². The number of carbonyl (C=O) groups excluding carboxylic acids is 2. The molecule has 1 aliphatic heterocycles. The Morgan fingerprint density at radius 3 is 2.28 bits per heavy atom. The van der Waals surface area contributed by atoms with E-state index in [2.05, 4.69) is 18.2 Å². The van der Waals surface area contributed by atoms with Crippen molar-refractivity contribution in [3.05, 3.63) is 101 Å². The van der Waals surface area contributed by atoms with Crippen LogP contribution in [0.4, 0.5) is 0 Å². The summed E-state index contributed by atoms with van der Waals surface area (Å²) >= 11 is 0. The second-order valence-electron chi connectivity index (χ2n) is 8.36. The number of nitrogens with two attached hydrogens (primary N) is 1. The minimum atomic E-state index is -0.0462. The van der Waals surface area contributed by atoms with Gasteiger partial charge < -0.3 is 15.7 Å². The van der Waals surface area contributed by atoms with E-state index in [4.69, 9.17) is 5.73 Å². The fourth-order valence-corrected chi connectivity index (χ4v) is 4.32. The molecule has 3 aromatic carbocycles. The molecule has 1 saturated heterocycles. The first-order valence-corrected chi connectivity index (χ1v) is 11.0. The Balaban J connectivity index is 1.38. The molecule has 0 radical (unpaired) electrons. The average Bonchev–Trinajstić information content (AvgIpc) is 2.84. The van der Waals surface area contributed by atoms with Gasteiger partial charge >= 0.3 is 0 Å². The summed E-state index contributed by atoms with van der Waals surface area (Å²) in [4.78, 5) is 27.5. The van der Waals surface area contributed by atoms with Crippen molar-refractivity contribution in [3.8, 4) is 5.75 Å². The van der Waals surface area contributed by atoms with E-state index in [-0.39, 0.29) is 23.9 Å². The van der Waals surface area contributed by atoms with E-state index in [9.17, 15) is 14.7 Å². The Labute approximate surface area is 188 Å². The van der Waals surface area contributed by atoms with Gasteiger partial charge in [-0.2, -0.15) is 0 Å². The number of Topliss-reactive ketones (excluding diaryl/α,β-unsaturated/α-hetero) is 1. The van der Waals surface area contributed by atoms with Crippen LogP contribution in [0.1, 0.15) is 56.2 Å². The van der Waals surface area contributed by atoms with Crippen LogP contribution in [0.2, 0.25) is 0 Å². The fraction of sp³-hybridized carbons (Fsp3) is 0.259. The first-order valence-electron chi connectivity index (χ1n) is 11.0. The van der Waals surface area contributed by atoms with Crippen molar-refractivity contribution in [1.82, 2.24) is 4.90 Å². The monoisotopic (exact) mass is 428 g/mol. The third-order valence-corrected chi connectivity index (χ3v) is 6.17. The zero-order valence-electron chi connectivity index (χ0n) is 18.0. The van der Waals surface area contributed by atoms with Crippen LogP contribution in [0.15, 0.2) is 72.8 Å². The maximum atomic E-state index is 13.1. The van der Waals surface area contributed by atoms with Crippen LogP contribution in [0.25, 0.3) is 0 Å². The van der Waals surface area contributed by atoms with Crippen LogP contribution >= 0.6 is 0 Å². The van der Waals surface area contributed by atoms with Crippen molar-refractivity contribution < 1.29 is 14.7 Å². The molecule has 4 rings (SSSR count). The SMILES string of the molecule is NCc1cccc(C2CCN(C(=O)c3cccc(CC(=O)c4ccc(O)cc4)c3)CC2)c1. The van der Waals surface area contributed by atoms with Gasteiger partial charge in [-0.25, -0.2) is 0 Å². The zero-order chi connectivity index (χ0) is 22.5. The van der Waals surface area contributed by atoms with Gasteiger partial charge in [0.15, 0.2) is 5.78 Å². The van der Waals surface area contributed by atoms with Gasteiger partial charge in [0.25, 0.3) is 5.91 Å². The topological polar surface area (TPSA) is 83.6 Å². The van der Waals surface area contributed by atoms with Crippen LogP contribution in [0.5, 0.6) is 5.75 Å². The van der Waals surface area contributed by atoms with E-state index >= 15 is 0 Å². The predicted molar refractivity (Wildman–Crippen MR) is 125 cm³/mol. The summed E-state index contributed by atoms with van der Waals surface area (Å²) in [6.07, 6.45) is 2.07. The number of aromatic hydroxyl groups is 1. The number of nitrogens with zero attached hydrogens (tertiary/aromatic N) is 1. The molecule has 0 atom stereocenters.